The van der Waals surface area contributed by atoms with Gasteiger partial charge < -0.3 is 14.7 Å². The summed E-state index contributed by atoms with van der Waals surface area (Å²) in [6.45, 7) is 6.20. The largest absolute Gasteiger partial charge is 0.444 e. The lowest BCUT2D eigenvalue weighted by Crippen LogP contribution is -2.46. The zero-order valence-electron chi connectivity index (χ0n) is 8.86. The number of carbonyl (C=O) groups is 1. The summed E-state index contributed by atoms with van der Waals surface area (Å²) in [5.41, 5.74) is -0.449. The molecule has 0 aromatic carbocycles. The van der Waals surface area contributed by atoms with Gasteiger partial charge in [0.25, 0.3) is 0 Å². The van der Waals surface area contributed by atoms with Crippen LogP contribution in [0.4, 0.5) is 4.79 Å². The van der Waals surface area contributed by atoms with Gasteiger partial charge in [-0.3, -0.25) is 0 Å². The topological polar surface area (TPSA) is 49.8 Å². The zero-order valence-corrected chi connectivity index (χ0v) is 8.86. The SMILES string of the molecule is CC(C)(C)OC(=O)N1C[C@H]2C[C@@H]1[C@@H]2O. The Morgan fingerprint density at radius 1 is 1.50 bits per heavy atom. The molecule has 0 spiro atoms. The summed E-state index contributed by atoms with van der Waals surface area (Å²) in [7, 11) is 0. The van der Waals surface area contributed by atoms with Crippen molar-refractivity contribution in [3.63, 3.8) is 0 Å². The average Bonchev–Trinajstić information content (AvgIpc) is 2.55. The Labute approximate surface area is 83.8 Å². The van der Waals surface area contributed by atoms with E-state index in [1.807, 2.05) is 20.8 Å². The van der Waals surface area contributed by atoms with Gasteiger partial charge in [-0.1, -0.05) is 0 Å². The Bertz CT molecular complexity index is 259. The van der Waals surface area contributed by atoms with Gasteiger partial charge in [-0.15, -0.1) is 0 Å². The summed E-state index contributed by atoms with van der Waals surface area (Å²) in [6.07, 6.45) is 0.324. The van der Waals surface area contributed by atoms with Crippen molar-refractivity contribution in [3.8, 4) is 0 Å². The predicted octanol–water partition coefficient (Wildman–Crippen LogP) is 0.986. The first kappa shape index (κ1) is 9.77. The van der Waals surface area contributed by atoms with Crippen molar-refractivity contribution in [1.29, 1.82) is 0 Å². The van der Waals surface area contributed by atoms with Gasteiger partial charge in [-0.2, -0.15) is 0 Å². The van der Waals surface area contributed by atoms with Gasteiger partial charge in [0.1, 0.15) is 5.60 Å². The third kappa shape index (κ3) is 1.47. The molecule has 2 saturated heterocycles. The van der Waals surface area contributed by atoms with Gasteiger partial charge in [-0.05, 0) is 27.2 Å². The smallest absolute Gasteiger partial charge is 0.410 e. The molecule has 1 saturated carbocycles. The van der Waals surface area contributed by atoms with Crippen LogP contribution in [0.15, 0.2) is 0 Å². The zero-order chi connectivity index (χ0) is 10.5. The number of rotatable bonds is 0. The quantitative estimate of drug-likeness (QED) is 0.633. The minimum Gasteiger partial charge on any atom is -0.444 e. The van der Waals surface area contributed by atoms with Gasteiger partial charge in [0, 0.05) is 12.5 Å². The molecule has 0 radical (unpaired) electrons. The molecule has 0 aromatic rings. The molecule has 1 aliphatic carbocycles. The van der Waals surface area contributed by atoms with Crippen LogP contribution in [-0.4, -0.2) is 40.4 Å². The van der Waals surface area contributed by atoms with Crippen LogP contribution in [0.3, 0.4) is 0 Å². The van der Waals surface area contributed by atoms with Gasteiger partial charge >= 0.3 is 6.09 Å². The molecule has 3 fully saturated rings. The molecular formula is C10H17NO3. The summed E-state index contributed by atoms with van der Waals surface area (Å²) in [5, 5.41) is 9.52. The summed E-state index contributed by atoms with van der Waals surface area (Å²) >= 11 is 0. The number of aliphatic hydroxyl groups is 1. The van der Waals surface area contributed by atoms with E-state index in [2.05, 4.69) is 0 Å². The number of aliphatic hydroxyl groups excluding tert-OH is 1. The first-order valence-electron chi connectivity index (χ1n) is 5.06. The molecule has 4 nitrogen and oxygen atoms in total. The fourth-order valence-electron chi connectivity index (χ4n) is 2.12. The number of hydrogen-bond acceptors (Lipinski definition) is 3. The number of nitrogens with zero attached hydrogens (tertiary/aromatic N) is 1. The predicted molar refractivity (Wildman–Crippen MR) is 50.8 cm³/mol. The lowest BCUT2D eigenvalue weighted by molar-refractivity contribution is -0.00231. The number of fused-ring (bicyclic) bond motifs is 1. The van der Waals surface area contributed by atoms with Crippen LogP contribution in [0, 0.1) is 5.92 Å². The summed E-state index contributed by atoms with van der Waals surface area (Å²) in [4.78, 5) is 13.3. The lowest BCUT2D eigenvalue weighted by Gasteiger charge is -2.32. The lowest BCUT2D eigenvalue weighted by atomic mass is 9.83. The second-order valence-corrected chi connectivity index (χ2v) is 5.19. The normalized spacial score (nSPS) is 35.4. The molecule has 3 atom stereocenters. The molecule has 0 unspecified atom stereocenters. The Balaban J connectivity index is 1.94. The molecule has 1 amide bonds. The molecule has 3 rings (SSSR count). The average molecular weight is 199 g/mol. The van der Waals surface area contributed by atoms with Crippen LogP contribution in [0.2, 0.25) is 0 Å². The first-order valence-corrected chi connectivity index (χ1v) is 5.06. The molecule has 3 aliphatic rings. The highest BCUT2D eigenvalue weighted by Crippen LogP contribution is 2.41. The van der Waals surface area contributed by atoms with E-state index < -0.39 is 5.60 Å². The summed E-state index contributed by atoms with van der Waals surface area (Å²) in [6, 6.07) is 0.00912. The third-order valence-corrected chi connectivity index (χ3v) is 2.88. The second kappa shape index (κ2) is 2.86. The minimum absolute atomic E-state index is 0.00912. The van der Waals surface area contributed by atoms with Crippen molar-refractivity contribution in [1.82, 2.24) is 4.90 Å². The van der Waals surface area contributed by atoms with Gasteiger partial charge in [0.15, 0.2) is 0 Å². The number of ether oxygens (including phenoxy) is 1. The van der Waals surface area contributed by atoms with Crippen LogP contribution in [0.5, 0.6) is 0 Å². The van der Waals surface area contributed by atoms with Gasteiger partial charge in [0.05, 0.1) is 12.1 Å². The van der Waals surface area contributed by atoms with E-state index in [0.717, 1.165) is 6.42 Å². The van der Waals surface area contributed by atoms with E-state index in [9.17, 15) is 9.90 Å². The Morgan fingerprint density at radius 3 is 2.50 bits per heavy atom. The van der Waals surface area contributed by atoms with Crippen LogP contribution < -0.4 is 0 Å². The maximum Gasteiger partial charge on any atom is 0.410 e. The Hall–Kier alpha value is -0.770. The van der Waals surface area contributed by atoms with E-state index >= 15 is 0 Å². The molecule has 2 heterocycles. The van der Waals surface area contributed by atoms with Crippen molar-refractivity contribution < 1.29 is 14.6 Å². The van der Waals surface area contributed by atoms with E-state index in [4.69, 9.17) is 4.74 Å². The second-order valence-electron chi connectivity index (χ2n) is 5.19. The molecule has 80 valence electrons. The van der Waals surface area contributed by atoms with Gasteiger partial charge in [0.2, 0.25) is 0 Å². The highest BCUT2D eigenvalue weighted by atomic mass is 16.6. The maximum absolute atomic E-state index is 11.6. The van der Waals surface area contributed by atoms with Crippen LogP contribution >= 0.6 is 0 Å². The van der Waals surface area contributed by atoms with E-state index in [1.54, 1.807) is 4.90 Å². The van der Waals surface area contributed by atoms with Crippen molar-refractivity contribution in [3.05, 3.63) is 0 Å². The van der Waals surface area contributed by atoms with Crippen LogP contribution in [-0.2, 0) is 4.74 Å². The Morgan fingerprint density at radius 2 is 2.14 bits per heavy atom. The molecule has 14 heavy (non-hydrogen) atoms. The van der Waals surface area contributed by atoms with Crippen LogP contribution in [0.1, 0.15) is 27.2 Å². The third-order valence-electron chi connectivity index (χ3n) is 2.88. The molecule has 4 heteroatoms. The standard InChI is InChI=1S/C10H17NO3/c1-10(2,3)14-9(13)11-5-6-4-7(11)8(6)12/h6-8,12H,4-5H2,1-3H3/t6-,7-,8-/m1/s1. The molecule has 2 bridgehead atoms. The van der Waals surface area contributed by atoms with Crippen LogP contribution in [0.25, 0.3) is 0 Å². The van der Waals surface area contributed by atoms with Crippen molar-refractivity contribution >= 4 is 6.09 Å². The first-order chi connectivity index (χ1) is 6.38. The maximum atomic E-state index is 11.6. The summed E-state index contributed by atoms with van der Waals surface area (Å²) < 4.78 is 5.24. The fourth-order valence-corrected chi connectivity index (χ4v) is 2.12. The molecule has 1 N–H and O–H groups in total. The monoisotopic (exact) mass is 199 g/mol. The van der Waals surface area contributed by atoms with E-state index in [0.29, 0.717) is 6.54 Å². The number of hydrogen-bond donors (Lipinski definition) is 1. The van der Waals surface area contributed by atoms with Crippen molar-refractivity contribution in [2.24, 2.45) is 5.92 Å². The fraction of sp³-hybridized carbons (Fsp3) is 0.900. The van der Waals surface area contributed by atoms with Crippen molar-refractivity contribution in [2.45, 2.75) is 44.9 Å². The minimum atomic E-state index is -0.449. The highest BCUT2D eigenvalue weighted by Gasteiger charge is 2.53. The van der Waals surface area contributed by atoms with E-state index in [1.165, 1.54) is 0 Å². The molecule has 0 aromatic heterocycles. The summed E-state index contributed by atoms with van der Waals surface area (Å²) in [5.74, 6) is 0.285. The molecule has 2 aliphatic heterocycles. The van der Waals surface area contributed by atoms with Crippen molar-refractivity contribution in [2.75, 3.05) is 6.54 Å². The number of amides is 1. The number of carbonyl (C=O) groups excluding carboxylic acids is 1. The molecular weight excluding hydrogens is 182 g/mol. The van der Waals surface area contributed by atoms with Gasteiger partial charge in [-0.25, -0.2) is 4.79 Å². The highest BCUT2D eigenvalue weighted by molar-refractivity contribution is 5.69. The van der Waals surface area contributed by atoms with E-state index in [-0.39, 0.29) is 24.2 Å². The Kier molecular flexibility index (Phi) is 2.00.